The van der Waals surface area contributed by atoms with Gasteiger partial charge >= 0.3 is 0 Å². The van der Waals surface area contributed by atoms with E-state index in [0.29, 0.717) is 11.7 Å². The maximum atomic E-state index is 13.0. The van der Waals surface area contributed by atoms with Gasteiger partial charge in [-0.1, -0.05) is 11.6 Å². The van der Waals surface area contributed by atoms with Crippen LogP contribution in [0.5, 0.6) is 0 Å². The predicted molar refractivity (Wildman–Crippen MR) is 141 cm³/mol. The van der Waals surface area contributed by atoms with E-state index in [1.54, 1.807) is 12.4 Å². The number of pyridine rings is 3. The van der Waals surface area contributed by atoms with E-state index < -0.39 is 0 Å². The van der Waals surface area contributed by atoms with E-state index in [1.807, 2.05) is 30.5 Å². The summed E-state index contributed by atoms with van der Waals surface area (Å²) in [6.45, 7) is 9.00. The molecule has 0 unspecified atom stereocenters. The molecule has 5 heterocycles. The Balaban J connectivity index is 1.28. The highest BCUT2D eigenvalue weighted by molar-refractivity contribution is 6.29. The molecule has 0 atom stereocenters. The molecular formula is C27H33ClN6O. The lowest BCUT2D eigenvalue weighted by Gasteiger charge is -2.37. The molecule has 0 bridgehead atoms. The van der Waals surface area contributed by atoms with Gasteiger partial charge in [0, 0.05) is 66.0 Å². The second-order valence-corrected chi connectivity index (χ2v) is 10.7. The molecule has 1 N–H and O–H groups in total. The van der Waals surface area contributed by atoms with Crippen molar-refractivity contribution in [2.75, 3.05) is 37.6 Å². The number of piperidine rings is 1. The van der Waals surface area contributed by atoms with Crippen LogP contribution in [-0.2, 0) is 4.79 Å². The molecular weight excluding hydrogens is 460 g/mol. The lowest BCUT2D eigenvalue weighted by Crippen LogP contribution is -2.52. The van der Waals surface area contributed by atoms with Crippen molar-refractivity contribution in [3.63, 3.8) is 0 Å². The van der Waals surface area contributed by atoms with Crippen LogP contribution < -0.4 is 10.2 Å². The number of hydrogen-bond acceptors (Lipinski definition) is 6. The summed E-state index contributed by atoms with van der Waals surface area (Å²) >= 11 is 6.14. The standard InChI is InChI=1S/C27H33ClN6O/c1-27(2,34-11-3-4-12-34)18-31-26(35)19-7-13-33(14-8-19)25-22-6-9-29-17-21(22)15-23(32-25)20-5-10-30-24(28)16-20/h5-6,9-10,15-17,19H,3-4,7-8,11-14,18H2,1-2H3,(H,31,35). The zero-order chi connectivity index (χ0) is 24.4. The summed E-state index contributed by atoms with van der Waals surface area (Å²) in [5, 5.41) is 5.79. The number of nitrogens with one attached hydrogen (secondary N) is 1. The van der Waals surface area contributed by atoms with Gasteiger partial charge < -0.3 is 10.2 Å². The van der Waals surface area contributed by atoms with Gasteiger partial charge in [-0.15, -0.1) is 0 Å². The van der Waals surface area contributed by atoms with Gasteiger partial charge in [0.05, 0.1) is 5.69 Å². The number of amides is 1. The number of nitrogens with zero attached hydrogens (tertiary/aromatic N) is 5. The van der Waals surface area contributed by atoms with Crippen LogP contribution in [0.1, 0.15) is 39.5 Å². The molecule has 0 saturated carbocycles. The van der Waals surface area contributed by atoms with E-state index in [9.17, 15) is 4.79 Å². The SMILES string of the molecule is CC(C)(CNC(=O)C1CCN(c2nc(-c3ccnc(Cl)c3)cc3cnccc23)CC1)N1CCCC1. The van der Waals surface area contributed by atoms with Crippen LogP contribution in [-0.4, -0.2) is 64.0 Å². The second-order valence-electron chi connectivity index (χ2n) is 10.3. The van der Waals surface area contributed by atoms with Gasteiger partial charge in [0.2, 0.25) is 5.91 Å². The summed E-state index contributed by atoms with van der Waals surface area (Å²) in [7, 11) is 0. The molecule has 7 nitrogen and oxygen atoms in total. The quantitative estimate of drug-likeness (QED) is 0.509. The Hall–Kier alpha value is -2.77. The lowest BCUT2D eigenvalue weighted by atomic mass is 9.94. The molecule has 3 aromatic heterocycles. The topological polar surface area (TPSA) is 74.2 Å². The maximum Gasteiger partial charge on any atom is 0.223 e. The van der Waals surface area contributed by atoms with E-state index in [1.165, 1.54) is 12.8 Å². The van der Waals surface area contributed by atoms with E-state index in [2.05, 4.69) is 38.9 Å². The Labute approximate surface area is 211 Å². The third-order valence-electron chi connectivity index (χ3n) is 7.46. The molecule has 0 spiro atoms. The number of anilines is 1. The third kappa shape index (κ3) is 5.26. The van der Waals surface area contributed by atoms with Gasteiger partial charge in [-0.25, -0.2) is 9.97 Å². The monoisotopic (exact) mass is 492 g/mol. The number of rotatable bonds is 6. The average Bonchev–Trinajstić information content (AvgIpc) is 3.43. The van der Waals surface area contributed by atoms with Crippen molar-refractivity contribution in [1.82, 2.24) is 25.2 Å². The first-order valence-corrected chi connectivity index (χ1v) is 12.9. The number of hydrogen-bond donors (Lipinski definition) is 1. The van der Waals surface area contributed by atoms with E-state index in [4.69, 9.17) is 16.6 Å². The first-order valence-electron chi connectivity index (χ1n) is 12.6. The molecule has 2 aliphatic rings. The van der Waals surface area contributed by atoms with Gasteiger partial charge in [-0.3, -0.25) is 14.7 Å². The molecule has 3 aromatic rings. The number of halogens is 1. The first-order chi connectivity index (χ1) is 16.9. The third-order valence-corrected chi connectivity index (χ3v) is 7.66. The van der Waals surface area contributed by atoms with Crippen LogP contribution in [0.25, 0.3) is 22.0 Å². The first kappa shape index (κ1) is 23.9. The Bertz CT molecular complexity index is 1200. The van der Waals surface area contributed by atoms with Crippen molar-refractivity contribution >= 4 is 34.1 Å². The van der Waals surface area contributed by atoms with E-state index >= 15 is 0 Å². The molecule has 5 rings (SSSR count). The van der Waals surface area contributed by atoms with Gasteiger partial charge in [0.25, 0.3) is 0 Å². The fraction of sp³-hybridized carbons (Fsp3) is 0.481. The van der Waals surface area contributed by atoms with Gasteiger partial charge in [-0.2, -0.15) is 0 Å². The molecule has 35 heavy (non-hydrogen) atoms. The van der Waals surface area contributed by atoms with Crippen LogP contribution in [0.3, 0.4) is 0 Å². The van der Waals surface area contributed by atoms with Crippen LogP contribution in [0.4, 0.5) is 5.82 Å². The summed E-state index contributed by atoms with van der Waals surface area (Å²) in [5.41, 5.74) is 1.76. The molecule has 1 amide bonds. The minimum Gasteiger partial charge on any atom is -0.356 e. The number of carbonyl (C=O) groups is 1. The largest absolute Gasteiger partial charge is 0.356 e. The Morgan fingerprint density at radius 2 is 1.89 bits per heavy atom. The molecule has 2 aliphatic heterocycles. The molecule has 0 aliphatic carbocycles. The highest BCUT2D eigenvalue weighted by Crippen LogP contribution is 2.32. The number of likely N-dealkylation sites (tertiary alicyclic amines) is 1. The lowest BCUT2D eigenvalue weighted by molar-refractivity contribution is -0.126. The molecule has 0 radical (unpaired) electrons. The van der Waals surface area contributed by atoms with Crippen molar-refractivity contribution in [3.05, 3.63) is 48.0 Å². The number of carbonyl (C=O) groups excluding carboxylic acids is 1. The molecule has 2 saturated heterocycles. The Morgan fingerprint density at radius 1 is 1.11 bits per heavy atom. The predicted octanol–water partition coefficient (Wildman–Crippen LogP) is 4.55. The van der Waals surface area contributed by atoms with Crippen LogP contribution in [0, 0.1) is 5.92 Å². The summed E-state index contributed by atoms with van der Waals surface area (Å²) in [6, 6.07) is 7.80. The van der Waals surface area contributed by atoms with Crippen molar-refractivity contribution in [2.24, 2.45) is 5.92 Å². The second kappa shape index (κ2) is 10.1. The highest BCUT2D eigenvalue weighted by Gasteiger charge is 2.31. The summed E-state index contributed by atoms with van der Waals surface area (Å²) in [4.78, 5) is 31.2. The Kier molecular flexibility index (Phi) is 6.89. The normalized spacial score (nSPS) is 17.7. The van der Waals surface area contributed by atoms with Crippen molar-refractivity contribution < 1.29 is 4.79 Å². The molecule has 0 aromatic carbocycles. The Morgan fingerprint density at radius 3 is 2.63 bits per heavy atom. The number of fused-ring (bicyclic) bond motifs is 1. The smallest absolute Gasteiger partial charge is 0.223 e. The zero-order valence-corrected chi connectivity index (χ0v) is 21.3. The average molecular weight is 493 g/mol. The van der Waals surface area contributed by atoms with Gasteiger partial charge in [-0.05, 0) is 76.9 Å². The highest BCUT2D eigenvalue weighted by atomic mass is 35.5. The summed E-state index contributed by atoms with van der Waals surface area (Å²) in [6.07, 6.45) is 9.51. The summed E-state index contributed by atoms with van der Waals surface area (Å²) < 4.78 is 0. The van der Waals surface area contributed by atoms with Crippen molar-refractivity contribution in [2.45, 2.75) is 45.1 Å². The van der Waals surface area contributed by atoms with Crippen molar-refractivity contribution in [3.8, 4) is 11.3 Å². The minimum absolute atomic E-state index is 0.0000272. The number of aromatic nitrogens is 3. The fourth-order valence-corrected chi connectivity index (χ4v) is 5.44. The van der Waals surface area contributed by atoms with E-state index in [-0.39, 0.29) is 17.4 Å². The molecule has 8 heteroatoms. The van der Waals surface area contributed by atoms with Crippen LogP contribution in [0.2, 0.25) is 5.15 Å². The minimum atomic E-state index is 0.0000272. The summed E-state index contributed by atoms with van der Waals surface area (Å²) in [5.74, 6) is 1.15. The fourth-order valence-electron chi connectivity index (χ4n) is 5.27. The van der Waals surface area contributed by atoms with Crippen molar-refractivity contribution in [1.29, 1.82) is 0 Å². The maximum absolute atomic E-state index is 13.0. The van der Waals surface area contributed by atoms with Gasteiger partial charge in [0.15, 0.2) is 0 Å². The van der Waals surface area contributed by atoms with Crippen LogP contribution >= 0.6 is 11.6 Å². The van der Waals surface area contributed by atoms with Crippen LogP contribution in [0.15, 0.2) is 42.9 Å². The zero-order valence-electron chi connectivity index (χ0n) is 20.5. The molecule has 184 valence electrons. The van der Waals surface area contributed by atoms with Gasteiger partial charge in [0.1, 0.15) is 11.0 Å². The molecule has 2 fully saturated rings. The van der Waals surface area contributed by atoms with E-state index in [0.717, 1.165) is 66.9 Å².